The molecule has 0 amide bonds. The molecule has 0 aromatic carbocycles. The zero-order chi connectivity index (χ0) is 8.72. The molecular formula is C10H19NO. The van der Waals surface area contributed by atoms with Gasteiger partial charge in [-0.05, 0) is 25.2 Å². The Bertz CT molecular complexity index is 165. The van der Waals surface area contributed by atoms with E-state index in [1.165, 1.54) is 12.8 Å². The lowest BCUT2D eigenvalue weighted by Crippen LogP contribution is -2.40. The second kappa shape index (κ2) is 3.00. The quantitative estimate of drug-likeness (QED) is 0.672. The van der Waals surface area contributed by atoms with Crippen LogP contribution in [0.5, 0.6) is 0 Å². The number of rotatable bonds is 2. The Morgan fingerprint density at radius 3 is 2.42 bits per heavy atom. The van der Waals surface area contributed by atoms with Crippen LogP contribution in [0.25, 0.3) is 0 Å². The van der Waals surface area contributed by atoms with Crippen molar-refractivity contribution in [3.63, 3.8) is 0 Å². The molecule has 2 rings (SSSR count). The molecule has 1 saturated heterocycles. The second-order valence-corrected chi connectivity index (χ2v) is 4.56. The van der Waals surface area contributed by atoms with Crippen molar-refractivity contribution < 1.29 is 5.11 Å². The van der Waals surface area contributed by atoms with Crippen LogP contribution in [0, 0.1) is 5.92 Å². The molecule has 0 aromatic rings. The molecule has 0 aromatic heterocycles. The minimum atomic E-state index is -0.0643. The van der Waals surface area contributed by atoms with Crippen molar-refractivity contribution in [3.05, 3.63) is 0 Å². The molecule has 0 spiro atoms. The molecule has 1 aliphatic carbocycles. The van der Waals surface area contributed by atoms with E-state index < -0.39 is 0 Å². The Morgan fingerprint density at radius 1 is 1.25 bits per heavy atom. The summed E-state index contributed by atoms with van der Waals surface area (Å²) in [7, 11) is 0. The van der Waals surface area contributed by atoms with Crippen LogP contribution >= 0.6 is 0 Å². The van der Waals surface area contributed by atoms with E-state index in [0.717, 1.165) is 19.0 Å². The molecule has 2 aliphatic rings. The number of nitrogens with zero attached hydrogens (tertiary/aromatic N) is 1. The van der Waals surface area contributed by atoms with Gasteiger partial charge >= 0.3 is 0 Å². The highest BCUT2D eigenvalue weighted by molar-refractivity contribution is 4.97. The van der Waals surface area contributed by atoms with Gasteiger partial charge in [-0.15, -0.1) is 0 Å². The van der Waals surface area contributed by atoms with Crippen LogP contribution in [-0.2, 0) is 0 Å². The van der Waals surface area contributed by atoms with E-state index in [-0.39, 0.29) is 6.10 Å². The maximum Gasteiger partial charge on any atom is 0.0710 e. The Kier molecular flexibility index (Phi) is 2.13. The van der Waals surface area contributed by atoms with Crippen molar-refractivity contribution in [2.45, 2.75) is 51.3 Å². The van der Waals surface area contributed by atoms with Gasteiger partial charge in [0.2, 0.25) is 0 Å². The van der Waals surface area contributed by atoms with E-state index in [1.54, 1.807) is 0 Å². The van der Waals surface area contributed by atoms with Gasteiger partial charge in [-0.25, -0.2) is 0 Å². The molecule has 70 valence electrons. The molecule has 2 unspecified atom stereocenters. The molecule has 0 radical (unpaired) electrons. The van der Waals surface area contributed by atoms with Crippen molar-refractivity contribution in [1.82, 2.24) is 4.90 Å². The highest BCUT2D eigenvalue weighted by Gasteiger charge is 2.42. The van der Waals surface area contributed by atoms with E-state index in [4.69, 9.17) is 0 Å². The largest absolute Gasteiger partial charge is 0.391 e. The lowest BCUT2D eigenvalue weighted by atomic mass is 9.99. The van der Waals surface area contributed by atoms with Gasteiger partial charge in [-0.2, -0.15) is 0 Å². The van der Waals surface area contributed by atoms with Crippen LogP contribution in [0.1, 0.15) is 33.1 Å². The van der Waals surface area contributed by atoms with Gasteiger partial charge in [-0.3, -0.25) is 4.90 Å². The summed E-state index contributed by atoms with van der Waals surface area (Å²) in [5.41, 5.74) is 0. The highest BCUT2D eigenvalue weighted by Crippen LogP contribution is 2.35. The zero-order valence-corrected chi connectivity index (χ0v) is 8.03. The maximum absolute atomic E-state index is 9.76. The molecule has 1 N–H and O–H groups in total. The van der Waals surface area contributed by atoms with Crippen molar-refractivity contribution in [2.24, 2.45) is 5.92 Å². The Balaban J connectivity index is 2.03. The fourth-order valence-corrected chi connectivity index (χ4v) is 2.48. The Labute approximate surface area is 74.6 Å². The van der Waals surface area contributed by atoms with Crippen molar-refractivity contribution in [1.29, 1.82) is 0 Å². The molecular weight excluding hydrogens is 150 g/mol. The molecule has 1 heterocycles. The summed E-state index contributed by atoms with van der Waals surface area (Å²) in [6.07, 6.45) is 3.64. The van der Waals surface area contributed by atoms with Gasteiger partial charge in [0.25, 0.3) is 0 Å². The van der Waals surface area contributed by atoms with Crippen LogP contribution < -0.4 is 0 Å². The van der Waals surface area contributed by atoms with Gasteiger partial charge in [-0.1, -0.05) is 13.8 Å². The standard InChI is InChI=1S/C10H19NO/c1-7(2)10-9(12)5-6-11(10)8-3-4-8/h7-10,12H,3-6H2,1-2H3. The molecule has 2 heteroatoms. The van der Waals surface area contributed by atoms with Gasteiger partial charge in [0.15, 0.2) is 0 Å². The first-order chi connectivity index (χ1) is 5.70. The van der Waals surface area contributed by atoms with Gasteiger partial charge in [0.1, 0.15) is 0 Å². The topological polar surface area (TPSA) is 23.5 Å². The first kappa shape index (κ1) is 8.52. The Morgan fingerprint density at radius 2 is 1.92 bits per heavy atom. The zero-order valence-electron chi connectivity index (χ0n) is 8.03. The van der Waals surface area contributed by atoms with E-state index in [2.05, 4.69) is 18.7 Å². The fourth-order valence-electron chi connectivity index (χ4n) is 2.48. The normalized spacial score (nSPS) is 38.0. The molecule has 12 heavy (non-hydrogen) atoms. The monoisotopic (exact) mass is 169 g/mol. The lowest BCUT2D eigenvalue weighted by Gasteiger charge is -2.29. The van der Waals surface area contributed by atoms with Crippen LogP contribution in [0.4, 0.5) is 0 Å². The van der Waals surface area contributed by atoms with Crippen LogP contribution in [0.2, 0.25) is 0 Å². The highest BCUT2D eigenvalue weighted by atomic mass is 16.3. The maximum atomic E-state index is 9.76. The third kappa shape index (κ3) is 1.38. The fraction of sp³-hybridized carbons (Fsp3) is 1.00. The summed E-state index contributed by atoms with van der Waals surface area (Å²) in [5, 5.41) is 9.76. The number of hydrogen-bond acceptors (Lipinski definition) is 2. The number of aliphatic hydroxyl groups excluding tert-OH is 1. The molecule has 1 aliphatic heterocycles. The van der Waals surface area contributed by atoms with E-state index in [0.29, 0.717) is 12.0 Å². The molecule has 2 atom stereocenters. The molecule has 0 bridgehead atoms. The third-order valence-electron chi connectivity index (χ3n) is 3.16. The first-order valence-corrected chi connectivity index (χ1v) is 5.14. The summed E-state index contributed by atoms with van der Waals surface area (Å²) >= 11 is 0. The predicted octanol–water partition coefficient (Wildman–Crippen LogP) is 1.24. The number of aliphatic hydroxyl groups is 1. The first-order valence-electron chi connectivity index (χ1n) is 5.14. The average molecular weight is 169 g/mol. The van der Waals surface area contributed by atoms with E-state index in [9.17, 15) is 5.11 Å². The third-order valence-corrected chi connectivity index (χ3v) is 3.16. The summed E-state index contributed by atoms with van der Waals surface area (Å²) in [6.45, 7) is 5.55. The van der Waals surface area contributed by atoms with Crippen LogP contribution in [-0.4, -0.2) is 34.7 Å². The lowest BCUT2D eigenvalue weighted by molar-refractivity contribution is 0.0832. The molecule has 2 nitrogen and oxygen atoms in total. The van der Waals surface area contributed by atoms with Crippen LogP contribution in [0.3, 0.4) is 0 Å². The van der Waals surface area contributed by atoms with Gasteiger partial charge in [0.05, 0.1) is 6.10 Å². The van der Waals surface area contributed by atoms with E-state index >= 15 is 0 Å². The number of likely N-dealkylation sites (tertiary alicyclic amines) is 1. The SMILES string of the molecule is CC(C)C1C(O)CCN1C1CC1. The predicted molar refractivity (Wildman–Crippen MR) is 49.0 cm³/mol. The Hall–Kier alpha value is -0.0800. The number of hydrogen-bond donors (Lipinski definition) is 1. The van der Waals surface area contributed by atoms with Gasteiger partial charge in [0, 0.05) is 18.6 Å². The van der Waals surface area contributed by atoms with Crippen molar-refractivity contribution in [3.8, 4) is 0 Å². The minimum absolute atomic E-state index is 0.0643. The van der Waals surface area contributed by atoms with E-state index in [1.807, 2.05) is 0 Å². The van der Waals surface area contributed by atoms with Crippen molar-refractivity contribution >= 4 is 0 Å². The van der Waals surface area contributed by atoms with Crippen LogP contribution in [0.15, 0.2) is 0 Å². The van der Waals surface area contributed by atoms with Crippen molar-refractivity contribution in [2.75, 3.05) is 6.54 Å². The average Bonchev–Trinajstić information content (AvgIpc) is 2.75. The smallest absolute Gasteiger partial charge is 0.0710 e. The van der Waals surface area contributed by atoms with Gasteiger partial charge < -0.3 is 5.11 Å². The molecule has 1 saturated carbocycles. The summed E-state index contributed by atoms with van der Waals surface area (Å²) in [6, 6.07) is 1.26. The summed E-state index contributed by atoms with van der Waals surface area (Å²) in [5.74, 6) is 0.600. The second-order valence-electron chi connectivity index (χ2n) is 4.56. The summed E-state index contributed by atoms with van der Waals surface area (Å²) < 4.78 is 0. The summed E-state index contributed by atoms with van der Waals surface area (Å²) in [4.78, 5) is 2.52. The molecule has 2 fully saturated rings. The minimum Gasteiger partial charge on any atom is -0.391 e.